The molecule has 1 unspecified atom stereocenters. The lowest BCUT2D eigenvalue weighted by molar-refractivity contribution is -0.117. The maximum atomic E-state index is 11.4. The van der Waals surface area contributed by atoms with E-state index in [0.29, 0.717) is 12.2 Å². The Morgan fingerprint density at radius 2 is 2.20 bits per heavy atom. The molecule has 1 fully saturated rings. The molecule has 86 valence electrons. The topological polar surface area (TPSA) is 55.4 Å². The van der Waals surface area contributed by atoms with Gasteiger partial charge in [0.1, 0.15) is 11.4 Å². The molecule has 1 rings (SSSR count). The first-order valence-electron chi connectivity index (χ1n) is 4.96. The highest BCUT2D eigenvalue weighted by Gasteiger charge is 2.24. The molecule has 0 radical (unpaired) electrons. The van der Waals surface area contributed by atoms with Gasteiger partial charge in [-0.2, -0.15) is 11.8 Å². The average Bonchev–Trinajstić information content (AvgIpc) is 1.99. The number of carbonyl (C=O) groups excluding carboxylic acids is 2. The van der Waals surface area contributed by atoms with Gasteiger partial charge in [0.2, 0.25) is 0 Å². The number of rotatable bonds is 1. The molecular weight excluding hydrogens is 214 g/mol. The molecule has 15 heavy (non-hydrogen) atoms. The summed E-state index contributed by atoms with van der Waals surface area (Å²) < 4.78 is 5.11. The van der Waals surface area contributed by atoms with Gasteiger partial charge in [0.15, 0.2) is 0 Å². The molecule has 1 atom stereocenters. The van der Waals surface area contributed by atoms with E-state index in [1.54, 1.807) is 11.8 Å². The summed E-state index contributed by atoms with van der Waals surface area (Å²) >= 11 is 1.55. The summed E-state index contributed by atoms with van der Waals surface area (Å²) in [4.78, 5) is 22.5. The minimum absolute atomic E-state index is 0.0777. The number of ketones is 1. The number of amides is 1. The van der Waals surface area contributed by atoms with E-state index in [9.17, 15) is 9.59 Å². The van der Waals surface area contributed by atoms with Crippen LogP contribution in [0.4, 0.5) is 4.79 Å². The molecular formula is C10H17NO3S. The molecule has 1 amide bonds. The molecule has 0 aromatic carbocycles. The minimum atomic E-state index is -0.490. The molecule has 0 saturated carbocycles. The fourth-order valence-corrected chi connectivity index (χ4v) is 2.22. The van der Waals surface area contributed by atoms with Crippen molar-refractivity contribution in [1.82, 2.24) is 5.32 Å². The number of hydrogen-bond acceptors (Lipinski definition) is 4. The van der Waals surface area contributed by atoms with Gasteiger partial charge in [0, 0.05) is 18.2 Å². The van der Waals surface area contributed by atoms with Gasteiger partial charge in [0.05, 0.1) is 5.75 Å². The van der Waals surface area contributed by atoms with Crippen molar-refractivity contribution < 1.29 is 14.3 Å². The van der Waals surface area contributed by atoms with E-state index >= 15 is 0 Å². The normalized spacial score (nSPS) is 22.3. The van der Waals surface area contributed by atoms with Gasteiger partial charge in [-0.25, -0.2) is 4.79 Å². The molecule has 4 nitrogen and oxygen atoms in total. The van der Waals surface area contributed by atoms with Crippen LogP contribution >= 0.6 is 11.8 Å². The monoisotopic (exact) mass is 231 g/mol. The standard InChI is InChI=1S/C10H17NO3S/c1-10(2,3)14-9(13)11-7-4-8(12)6-15-5-7/h7H,4-6H2,1-3H3,(H,11,13). The largest absolute Gasteiger partial charge is 0.444 e. The van der Waals surface area contributed by atoms with E-state index in [-0.39, 0.29) is 11.8 Å². The van der Waals surface area contributed by atoms with E-state index in [1.165, 1.54) is 0 Å². The highest BCUT2D eigenvalue weighted by Crippen LogP contribution is 2.15. The van der Waals surface area contributed by atoms with Crippen molar-refractivity contribution in [2.24, 2.45) is 0 Å². The number of ether oxygens (including phenoxy) is 1. The molecule has 1 aliphatic heterocycles. The molecule has 0 spiro atoms. The number of hydrogen-bond donors (Lipinski definition) is 1. The molecule has 0 aliphatic carbocycles. The maximum absolute atomic E-state index is 11.4. The molecule has 5 heteroatoms. The van der Waals surface area contributed by atoms with Gasteiger partial charge < -0.3 is 10.1 Å². The highest BCUT2D eigenvalue weighted by molar-refractivity contribution is 8.00. The van der Waals surface area contributed by atoms with Crippen LogP contribution in [0.15, 0.2) is 0 Å². The van der Waals surface area contributed by atoms with Crippen molar-refractivity contribution in [3.63, 3.8) is 0 Å². The van der Waals surface area contributed by atoms with Crippen molar-refractivity contribution >= 4 is 23.6 Å². The fourth-order valence-electron chi connectivity index (χ4n) is 1.27. The molecule has 0 aromatic rings. The summed E-state index contributed by atoms with van der Waals surface area (Å²) in [5.74, 6) is 1.53. The van der Waals surface area contributed by atoms with Crippen LogP contribution in [0.2, 0.25) is 0 Å². The third-order valence-electron chi connectivity index (χ3n) is 1.78. The van der Waals surface area contributed by atoms with Crippen LogP contribution in [0, 0.1) is 0 Å². The van der Waals surface area contributed by atoms with Gasteiger partial charge in [-0.15, -0.1) is 0 Å². The van der Waals surface area contributed by atoms with E-state index < -0.39 is 11.7 Å². The Morgan fingerprint density at radius 1 is 1.53 bits per heavy atom. The van der Waals surface area contributed by atoms with Crippen LogP contribution in [-0.4, -0.2) is 35.0 Å². The Hall–Kier alpha value is -0.710. The summed E-state index contributed by atoms with van der Waals surface area (Å²) in [6.45, 7) is 5.44. The Balaban J connectivity index is 2.34. The first-order chi connectivity index (χ1) is 6.87. The van der Waals surface area contributed by atoms with E-state index in [2.05, 4.69) is 5.32 Å². The van der Waals surface area contributed by atoms with Crippen LogP contribution in [0.1, 0.15) is 27.2 Å². The van der Waals surface area contributed by atoms with Crippen LogP contribution < -0.4 is 5.32 Å². The highest BCUT2D eigenvalue weighted by atomic mass is 32.2. The van der Waals surface area contributed by atoms with E-state index in [0.717, 1.165) is 5.75 Å². The smallest absolute Gasteiger partial charge is 0.407 e. The fraction of sp³-hybridized carbons (Fsp3) is 0.800. The predicted octanol–water partition coefficient (Wildman–Crippen LogP) is 1.59. The SMILES string of the molecule is CC(C)(C)OC(=O)NC1CSCC(=O)C1. The van der Waals surface area contributed by atoms with Crippen LogP contribution in [0.25, 0.3) is 0 Å². The first kappa shape index (κ1) is 12.4. The van der Waals surface area contributed by atoms with Gasteiger partial charge >= 0.3 is 6.09 Å². The van der Waals surface area contributed by atoms with Gasteiger partial charge in [-0.3, -0.25) is 4.79 Å². The zero-order valence-corrected chi connectivity index (χ0v) is 10.1. The zero-order valence-electron chi connectivity index (χ0n) is 9.33. The molecule has 0 aromatic heterocycles. The maximum Gasteiger partial charge on any atom is 0.407 e. The van der Waals surface area contributed by atoms with E-state index in [4.69, 9.17) is 4.74 Å². The number of Topliss-reactive ketones (excluding diaryl/α,β-unsaturated/α-hetero) is 1. The number of thioether (sulfide) groups is 1. The van der Waals surface area contributed by atoms with Crippen LogP contribution in [-0.2, 0) is 9.53 Å². The van der Waals surface area contributed by atoms with Crippen molar-refractivity contribution in [3.05, 3.63) is 0 Å². The van der Waals surface area contributed by atoms with Crippen molar-refractivity contribution in [3.8, 4) is 0 Å². The second-order valence-electron chi connectivity index (χ2n) is 4.60. The Kier molecular flexibility index (Phi) is 4.02. The van der Waals surface area contributed by atoms with Crippen molar-refractivity contribution in [2.45, 2.75) is 38.8 Å². The number of alkyl carbamates (subject to hydrolysis) is 1. The summed E-state index contributed by atoms with van der Waals surface area (Å²) in [6, 6.07) is -0.0777. The summed E-state index contributed by atoms with van der Waals surface area (Å²) in [5.41, 5.74) is -0.490. The third kappa shape index (κ3) is 5.06. The van der Waals surface area contributed by atoms with Gasteiger partial charge in [0.25, 0.3) is 0 Å². The molecule has 0 bridgehead atoms. The predicted molar refractivity (Wildman–Crippen MR) is 60.1 cm³/mol. The first-order valence-corrected chi connectivity index (χ1v) is 6.11. The zero-order chi connectivity index (χ0) is 11.5. The van der Waals surface area contributed by atoms with Crippen molar-refractivity contribution in [1.29, 1.82) is 0 Å². The van der Waals surface area contributed by atoms with E-state index in [1.807, 2.05) is 20.8 Å². The Labute approximate surface area is 94.1 Å². The number of carbonyl (C=O) groups is 2. The lowest BCUT2D eigenvalue weighted by atomic mass is 10.2. The number of nitrogens with one attached hydrogen (secondary N) is 1. The summed E-state index contributed by atoms with van der Waals surface area (Å²) in [7, 11) is 0. The summed E-state index contributed by atoms with van der Waals surface area (Å²) in [5, 5.41) is 2.70. The molecule has 1 N–H and O–H groups in total. The van der Waals surface area contributed by atoms with Crippen molar-refractivity contribution in [2.75, 3.05) is 11.5 Å². The lowest BCUT2D eigenvalue weighted by Gasteiger charge is -2.25. The lowest BCUT2D eigenvalue weighted by Crippen LogP contribution is -2.43. The Morgan fingerprint density at radius 3 is 2.73 bits per heavy atom. The van der Waals surface area contributed by atoms with Gasteiger partial charge in [-0.1, -0.05) is 0 Å². The quantitative estimate of drug-likeness (QED) is 0.744. The second-order valence-corrected chi connectivity index (χ2v) is 5.63. The second kappa shape index (κ2) is 4.88. The molecule has 1 aliphatic rings. The minimum Gasteiger partial charge on any atom is -0.444 e. The third-order valence-corrected chi connectivity index (χ3v) is 2.94. The van der Waals surface area contributed by atoms with Crippen LogP contribution in [0.5, 0.6) is 0 Å². The molecule has 1 saturated heterocycles. The van der Waals surface area contributed by atoms with Crippen LogP contribution in [0.3, 0.4) is 0 Å². The average molecular weight is 231 g/mol. The summed E-state index contributed by atoms with van der Waals surface area (Å²) in [6.07, 6.45) is -0.0190. The molecule has 1 heterocycles. The Bertz CT molecular complexity index is 260. The van der Waals surface area contributed by atoms with Gasteiger partial charge in [-0.05, 0) is 20.8 Å².